The molecule has 1 heterocycles. The van der Waals surface area contributed by atoms with Gasteiger partial charge in [-0.3, -0.25) is 4.79 Å². The molecule has 0 aliphatic rings. The van der Waals surface area contributed by atoms with E-state index >= 15 is 0 Å². The Hall–Kier alpha value is -0.950. The summed E-state index contributed by atoms with van der Waals surface area (Å²) in [6, 6.07) is 10.9. The van der Waals surface area contributed by atoms with Crippen LogP contribution in [0.4, 0.5) is 5.82 Å². The van der Waals surface area contributed by atoms with Crippen LogP contribution in [0.5, 0.6) is 0 Å². The molecule has 0 saturated carbocycles. The maximum absolute atomic E-state index is 11.9. The number of hydrogen-bond donors (Lipinski definition) is 1. The van der Waals surface area contributed by atoms with Crippen LogP contribution in [0.3, 0.4) is 0 Å². The molecule has 2 aromatic rings. The van der Waals surface area contributed by atoms with Crippen molar-refractivity contribution in [3.63, 3.8) is 0 Å². The molecule has 1 amide bonds. The van der Waals surface area contributed by atoms with Gasteiger partial charge >= 0.3 is 0 Å². The molecule has 0 fully saturated rings. The van der Waals surface area contributed by atoms with Gasteiger partial charge in [-0.05, 0) is 59.0 Å². The first-order valence-electron chi connectivity index (χ1n) is 4.83. The van der Waals surface area contributed by atoms with Crippen LogP contribution < -0.4 is 5.32 Å². The summed E-state index contributed by atoms with van der Waals surface area (Å²) in [6.45, 7) is 0. The van der Waals surface area contributed by atoms with E-state index in [1.807, 2.05) is 12.1 Å². The quantitative estimate of drug-likeness (QED) is 0.778. The molecule has 5 heteroatoms. The van der Waals surface area contributed by atoms with E-state index in [-0.39, 0.29) is 5.91 Å². The second-order valence-electron chi connectivity index (χ2n) is 3.32. The fraction of sp³-hybridized carbons (Fsp3) is 0. The zero-order valence-corrected chi connectivity index (χ0v) is 12.4. The molecule has 0 spiro atoms. The number of benzene rings is 1. The maximum atomic E-state index is 11.9. The standard InChI is InChI=1S/C12H8BrIN2O/c13-9-5-6-15-11(7-9)16-12(17)8-1-3-10(14)4-2-8/h1-7H,(H,15,16,17). The van der Waals surface area contributed by atoms with Crippen LogP contribution in [0, 0.1) is 3.57 Å². The van der Waals surface area contributed by atoms with Crippen molar-refractivity contribution in [2.45, 2.75) is 0 Å². The van der Waals surface area contributed by atoms with E-state index in [9.17, 15) is 4.79 Å². The number of rotatable bonds is 2. The summed E-state index contributed by atoms with van der Waals surface area (Å²) in [6.07, 6.45) is 1.63. The molecule has 86 valence electrons. The third-order valence-corrected chi connectivity index (χ3v) is 3.28. The van der Waals surface area contributed by atoms with Gasteiger partial charge in [0.25, 0.3) is 5.91 Å². The van der Waals surface area contributed by atoms with Gasteiger partial charge in [0.1, 0.15) is 5.82 Å². The van der Waals surface area contributed by atoms with Gasteiger partial charge in [-0.2, -0.15) is 0 Å². The van der Waals surface area contributed by atoms with E-state index in [0.29, 0.717) is 11.4 Å². The predicted octanol–water partition coefficient (Wildman–Crippen LogP) is 3.70. The topological polar surface area (TPSA) is 42.0 Å². The highest BCUT2D eigenvalue weighted by atomic mass is 127. The zero-order chi connectivity index (χ0) is 12.3. The third-order valence-electron chi connectivity index (χ3n) is 2.07. The van der Waals surface area contributed by atoms with E-state index in [2.05, 4.69) is 48.8 Å². The number of carbonyl (C=O) groups is 1. The number of pyridine rings is 1. The fourth-order valence-electron chi connectivity index (χ4n) is 1.26. The molecule has 17 heavy (non-hydrogen) atoms. The van der Waals surface area contributed by atoms with Gasteiger partial charge < -0.3 is 5.32 Å². The number of hydrogen-bond acceptors (Lipinski definition) is 2. The summed E-state index contributed by atoms with van der Waals surface area (Å²) in [5.74, 6) is 0.370. The lowest BCUT2D eigenvalue weighted by Crippen LogP contribution is -2.12. The Morgan fingerprint density at radius 3 is 2.59 bits per heavy atom. The second-order valence-corrected chi connectivity index (χ2v) is 5.48. The van der Waals surface area contributed by atoms with Crippen molar-refractivity contribution in [2.24, 2.45) is 0 Å². The molecule has 0 radical (unpaired) electrons. The second kappa shape index (κ2) is 5.59. The predicted molar refractivity (Wildman–Crippen MR) is 79.0 cm³/mol. The molecule has 0 unspecified atom stereocenters. The molecular formula is C12H8BrIN2O. The van der Waals surface area contributed by atoms with Crippen molar-refractivity contribution in [3.05, 3.63) is 56.2 Å². The van der Waals surface area contributed by atoms with Crippen molar-refractivity contribution in [1.29, 1.82) is 0 Å². The molecule has 0 atom stereocenters. The maximum Gasteiger partial charge on any atom is 0.256 e. The fourth-order valence-corrected chi connectivity index (χ4v) is 1.96. The molecule has 1 aromatic heterocycles. The van der Waals surface area contributed by atoms with Crippen molar-refractivity contribution in [1.82, 2.24) is 4.98 Å². The average Bonchev–Trinajstić information content (AvgIpc) is 2.29. The summed E-state index contributed by atoms with van der Waals surface area (Å²) in [4.78, 5) is 15.9. The lowest BCUT2D eigenvalue weighted by atomic mass is 10.2. The highest BCUT2D eigenvalue weighted by Gasteiger charge is 2.06. The van der Waals surface area contributed by atoms with Gasteiger partial charge in [-0.1, -0.05) is 15.9 Å². The first kappa shape index (κ1) is 12.5. The molecule has 1 N–H and O–H groups in total. The molecule has 0 aliphatic heterocycles. The Labute approximate surface area is 121 Å². The number of carbonyl (C=O) groups excluding carboxylic acids is 1. The molecule has 0 bridgehead atoms. The normalized spacial score (nSPS) is 10.0. The monoisotopic (exact) mass is 402 g/mol. The van der Waals surface area contributed by atoms with Crippen molar-refractivity contribution < 1.29 is 4.79 Å². The molecule has 0 saturated heterocycles. The summed E-state index contributed by atoms with van der Waals surface area (Å²) < 4.78 is 1.98. The first-order chi connectivity index (χ1) is 8.15. The lowest BCUT2D eigenvalue weighted by molar-refractivity contribution is 0.102. The number of aromatic nitrogens is 1. The van der Waals surface area contributed by atoms with Crippen molar-refractivity contribution in [3.8, 4) is 0 Å². The van der Waals surface area contributed by atoms with E-state index in [1.54, 1.807) is 30.5 Å². The Bertz CT molecular complexity index is 542. The van der Waals surface area contributed by atoms with Crippen LogP contribution >= 0.6 is 38.5 Å². The highest BCUT2D eigenvalue weighted by Crippen LogP contribution is 2.14. The third kappa shape index (κ3) is 3.50. The van der Waals surface area contributed by atoms with Crippen LogP contribution in [-0.4, -0.2) is 10.9 Å². The minimum atomic E-state index is -0.160. The number of amides is 1. The van der Waals surface area contributed by atoms with Gasteiger partial charge in [0.05, 0.1) is 0 Å². The number of halogens is 2. The molecule has 2 rings (SSSR count). The van der Waals surface area contributed by atoms with Crippen LogP contribution in [0.1, 0.15) is 10.4 Å². The first-order valence-corrected chi connectivity index (χ1v) is 6.71. The van der Waals surface area contributed by atoms with Gasteiger partial charge in [0.15, 0.2) is 0 Å². The summed E-state index contributed by atoms with van der Waals surface area (Å²) in [5.41, 5.74) is 0.618. The van der Waals surface area contributed by atoms with Crippen LogP contribution in [0.2, 0.25) is 0 Å². The van der Waals surface area contributed by atoms with E-state index < -0.39 is 0 Å². The molecule has 0 aliphatic carbocycles. The minimum absolute atomic E-state index is 0.160. The van der Waals surface area contributed by atoms with Crippen molar-refractivity contribution >= 4 is 50.2 Å². The Morgan fingerprint density at radius 2 is 1.94 bits per heavy atom. The lowest BCUT2D eigenvalue weighted by Gasteiger charge is -2.04. The summed E-state index contributed by atoms with van der Waals surface area (Å²) in [5, 5.41) is 2.74. The van der Waals surface area contributed by atoms with E-state index in [1.165, 1.54) is 0 Å². The molecule has 1 aromatic carbocycles. The summed E-state index contributed by atoms with van der Waals surface area (Å²) >= 11 is 5.52. The SMILES string of the molecule is O=C(Nc1cc(Br)ccn1)c1ccc(I)cc1. The van der Waals surface area contributed by atoms with Crippen LogP contribution in [0.25, 0.3) is 0 Å². The average molecular weight is 403 g/mol. The largest absolute Gasteiger partial charge is 0.307 e. The van der Waals surface area contributed by atoms with Crippen molar-refractivity contribution in [2.75, 3.05) is 5.32 Å². The highest BCUT2D eigenvalue weighted by molar-refractivity contribution is 14.1. The number of anilines is 1. The smallest absolute Gasteiger partial charge is 0.256 e. The Morgan fingerprint density at radius 1 is 1.24 bits per heavy atom. The van der Waals surface area contributed by atoms with Gasteiger partial charge in [-0.15, -0.1) is 0 Å². The van der Waals surface area contributed by atoms with Gasteiger partial charge in [0.2, 0.25) is 0 Å². The van der Waals surface area contributed by atoms with Gasteiger partial charge in [-0.25, -0.2) is 4.98 Å². The zero-order valence-electron chi connectivity index (χ0n) is 8.65. The van der Waals surface area contributed by atoms with Crippen LogP contribution in [0.15, 0.2) is 47.1 Å². The van der Waals surface area contributed by atoms with Gasteiger partial charge in [0, 0.05) is 19.8 Å². The summed E-state index contributed by atoms with van der Waals surface area (Å²) in [7, 11) is 0. The number of nitrogens with one attached hydrogen (secondary N) is 1. The van der Waals surface area contributed by atoms with E-state index in [0.717, 1.165) is 8.04 Å². The molecular weight excluding hydrogens is 395 g/mol. The Kier molecular flexibility index (Phi) is 4.11. The number of nitrogens with zero attached hydrogens (tertiary/aromatic N) is 1. The van der Waals surface area contributed by atoms with Crippen LogP contribution in [-0.2, 0) is 0 Å². The Balaban J connectivity index is 2.14. The molecule has 3 nitrogen and oxygen atoms in total. The van der Waals surface area contributed by atoms with E-state index in [4.69, 9.17) is 0 Å². The minimum Gasteiger partial charge on any atom is -0.307 e.